The number of amides is 1. The number of hydrogen-bond donors (Lipinski definition) is 3. The first-order valence-corrected chi connectivity index (χ1v) is 9.75. The van der Waals surface area contributed by atoms with Crippen LogP contribution in [0.2, 0.25) is 0 Å². The van der Waals surface area contributed by atoms with Crippen molar-refractivity contribution in [3.63, 3.8) is 0 Å². The van der Waals surface area contributed by atoms with E-state index in [9.17, 15) is 22.8 Å². The second-order valence-electron chi connectivity index (χ2n) is 6.73. The van der Waals surface area contributed by atoms with Crippen LogP contribution in [0.25, 0.3) is 0 Å². The number of benzene rings is 2. The Morgan fingerprint density at radius 3 is 2.16 bits per heavy atom. The van der Waals surface area contributed by atoms with Crippen molar-refractivity contribution in [2.24, 2.45) is 0 Å². The minimum atomic E-state index is -4.45. The van der Waals surface area contributed by atoms with Crippen LogP contribution in [0.4, 0.5) is 13.2 Å². The van der Waals surface area contributed by atoms with Crippen LogP contribution in [-0.2, 0) is 28.6 Å². The van der Waals surface area contributed by atoms with E-state index in [1.807, 2.05) is 0 Å². The van der Waals surface area contributed by atoms with Gasteiger partial charge in [0.25, 0.3) is 0 Å². The van der Waals surface area contributed by atoms with Gasteiger partial charge in [0.05, 0.1) is 18.2 Å². The zero-order chi connectivity index (χ0) is 22.9. The molecule has 2 aromatic rings. The molecule has 0 aliphatic carbocycles. The van der Waals surface area contributed by atoms with Gasteiger partial charge in [-0.05, 0) is 60.0 Å². The molecular weight excluding hydrogens is 437 g/mol. The highest BCUT2D eigenvalue weighted by Crippen LogP contribution is 2.29. The zero-order valence-electron chi connectivity index (χ0n) is 16.4. The Morgan fingerprint density at radius 1 is 1.06 bits per heavy atom. The van der Waals surface area contributed by atoms with Gasteiger partial charge in [0.15, 0.2) is 0 Å². The van der Waals surface area contributed by atoms with Crippen LogP contribution < -0.4 is 14.9 Å². The van der Waals surface area contributed by atoms with Crippen molar-refractivity contribution >= 4 is 24.0 Å². The number of alkyl halides is 3. The fourth-order valence-corrected chi connectivity index (χ4v) is 2.98. The lowest BCUT2D eigenvalue weighted by molar-refractivity contribution is -0.137. The SMILES string of the molecule is O=CC(Cc1ccc(C(F)(F)F)cc1)NC(=O)C(Cc1ccc(OCCO)cc1)NCl. The molecule has 0 aliphatic heterocycles. The van der Waals surface area contributed by atoms with Gasteiger partial charge in [-0.25, -0.2) is 4.84 Å². The Bertz CT molecular complexity index is 845. The van der Waals surface area contributed by atoms with Crippen molar-refractivity contribution in [3.8, 4) is 5.75 Å². The van der Waals surface area contributed by atoms with Gasteiger partial charge in [-0.2, -0.15) is 13.2 Å². The van der Waals surface area contributed by atoms with E-state index < -0.39 is 29.7 Å². The van der Waals surface area contributed by atoms with Crippen molar-refractivity contribution in [3.05, 3.63) is 65.2 Å². The summed E-state index contributed by atoms with van der Waals surface area (Å²) in [7, 11) is 0. The summed E-state index contributed by atoms with van der Waals surface area (Å²) in [5.74, 6) is 0.0369. The predicted octanol–water partition coefficient (Wildman–Crippen LogP) is 2.66. The van der Waals surface area contributed by atoms with Crippen LogP contribution >= 0.6 is 11.8 Å². The third-order valence-corrected chi connectivity index (χ3v) is 4.66. The Labute approximate surface area is 182 Å². The Morgan fingerprint density at radius 2 is 1.65 bits per heavy atom. The number of rotatable bonds is 11. The maximum Gasteiger partial charge on any atom is 0.416 e. The molecule has 3 N–H and O–H groups in total. The fraction of sp³-hybridized carbons (Fsp3) is 0.333. The maximum absolute atomic E-state index is 12.7. The summed E-state index contributed by atoms with van der Waals surface area (Å²) in [5, 5.41) is 11.3. The Hall–Kier alpha value is -2.62. The number of aliphatic hydroxyl groups excluding tert-OH is 1. The van der Waals surface area contributed by atoms with Gasteiger partial charge in [0.1, 0.15) is 24.7 Å². The van der Waals surface area contributed by atoms with Gasteiger partial charge in [0, 0.05) is 0 Å². The minimum absolute atomic E-state index is 0.0409. The molecule has 31 heavy (non-hydrogen) atoms. The minimum Gasteiger partial charge on any atom is -0.491 e. The van der Waals surface area contributed by atoms with Crippen molar-refractivity contribution < 1.29 is 32.6 Å². The van der Waals surface area contributed by atoms with Crippen molar-refractivity contribution in [1.29, 1.82) is 0 Å². The molecule has 0 radical (unpaired) electrons. The summed E-state index contributed by atoms with van der Waals surface area (Å²) < 4.78 is 43.2. The molecule has 0 aliphatic rings. The topological polar surface area (TPSA) is 87.7 Å². The lowest BCUT2D eigenvalue weighted by Crippen LogP contribution is -2.47. The van der Waals surface area contributed by atoms with Crippen molar-refractivity contribution in [2.75, 3.05) is 13.2 Å². The standard InChI is InChI=1S/C21H22ClF3N2O4/c22-27-19(12-15-3-7-18(8-4-15)31-10-9-28)20(30)26-17(13-29)11-14-1-5-16(6-2-14)21(23,24)25/h1-8,13,17,19,27-28H,9-12H2,(H,26,30). The molecule has 0 saturated heterocycles. The first kappa shape index (κ1) is 24.6. The first-order valence-electron chi connectivity index (χ1n) is 9.37. The molecule has 0 bridgehead atoms. The smallest absolute Gasteiger partial charge is 0.416 e. The number of halogens is 4. The van der Waals surface area contributed by atoms with Crippen LogP contribution in [0.3, 0.4) is 0 Å². The van der Waals surface area contributed by atoms with E-state index in [-0.39, 0.29) is 26.1 Å². The van der Waals surface area contributed by atoms with Crippen LogP contribution in [0.1, 0.15) is 16.7 Å². The molecule has 2 unspecified atom stereocenters. The number of ether oxygens (including phenoxy) is 1. The van der Waals surface area contributed by atoms with Crippen LogP contribution in [0, 0.1) is 0 Å². The van der Waals surface area contributed by atoms with Crippen LogP contribution in [0.5, 0.6) is 5.75 Å². The van der Waals surface area contributed by atoms with Crippen molar-refractivity contribution in [2.45, 2.75) is 31.1 Å². The number of aliphatic hydroxyl groups is 1. The number of nitrogens with one attached hydrogen (secondary N) is 2. The van der Waals surface area contributed by atoms with E-state index in [0.717, 1.165) is 17.7 Å². The summed E-state index contributed by atoms with van der Waals surface area (Å²) in [5.41, 5.74) is 0.455. The van der Waals surface area contributed by atoms with Gasteiger partial charge in [-0.3, -0.25) is 4.79 Å². The highest BCUT2D eigenvalue weighted by atomic mass is 35.5. The molecule has 0 aromatic heterocycles. The highest BCUT2D eigenvalue weighted by Gasteiger charge is 2.30. The van der Waals surface area contributed by atoms with E-state index in [1.165, 1.54) is 12.1 Å². The molecule has 168 valence electrons. The van der Waals surface area contributed by atoms with Gasteiger partial charge < -0.3 is 20.0 Å². The Balaban J connectivity index is 1.95. The predicted molar refractivity (Wildman–Crippen MR) is 109 cm³/mol. The van der Waals surface area contributed by atoms with E-state index in [1.54, 1.807) is 24.3 Å². The lowest BCUT2D eigenvalue weighted by Gasteiger charge is -2.19. The summed E-state index contributed by atoms with van der Waals surface area (Å²) in [6.45, 7) is 0.0597. The van der Waals surface area contributed by atoms with E-state index in [2.05, 4.69) is 10.2 Å². The number of hydrogen-bond acceptors (Lipinski definition) is 5. The number of aldehydes is 1. The monoisotopic (exact) mass is 458 g/mol. The summed E-state index contributed by atoms with van der Waals surface area (Å²) in [4.78, 5) is 26.3. The average Bonchev–Trinajstić information content (AvgIpc) is 2.76. The molecule has 0 fully saturated rings. The molecule has 2 atom stereocenters. The van der Waals surface area contributed by atoms with E-state index >= 15 is 0 Å². The third-order valence-electron chi connectivity index (χ3n) is 4.40. The normalized spacial score (nSPS) is 13.3. The second-order valence-corrected chi connectivity index (χ2v) is 6.95. The average molecular weight is 459 g/mol. The number of carbonyl (C=O) groups excluding carboxylic acids is 2. The summed E-state index contributed by atoms with van der Waals surface area (Å²) in [6, 6.07) is 9.46. The van der Waals surface area contributed by atoms with Gasteiger partial charge in [0.2, 0.25) is 5.91 Å². The molecular formula is C21H22ClF3N2O4. The molecule has 2 aromatic carbocycles. The fourth-order valence-electron chi connectivity index (χ4n) is 2.80. The summed E-state index contributed by atoms with van der Waals surface area (Å²) in [6.07, 6.45) is -3.66. The molecule has 0 heterocycles. The van der Waals surface area contributed by atoms with E-state index in [0.29, 0.717) is 17.6 Å². The largest absolute Gasteiger partial charge is 0.491 e. The summed E-state index contributed by atoms with van der Waals surface area (Å²) >= 11 is 5.70. The molecule has 0 saturated carbocycles. The third kappa shape index (κ3) is 7.86. The van der Waals surface area contributed by atoms with Gasteiger partial charge >= 0.3 is 6.18 Å². The van der Waals surface area contributed by atoms with E-state index in [4.69, 9.17) is 21.6 Å². The lowest BCUT2D eigenvalue weighted by atomic mass is 10.0. The Kier molecular flexibility index (Phi) is 9.29. The molecule has 0 spiro atoms. The molecule has 1 amide bonds. The number of carbonyl (C=O) groups is 2. The van der Waals surface area contributed by atoms with Crippen molar-refractivity contribution in [1.82, 2.24) is 10.2 Å². The van der Waals surface area contributed by atoms with Crippen LogP contribution in [-0.4, -0.2) is 42.6 Å². The van der Waals surface area contributed by atoms with Gasteiger partial charge in [-0.1, -0.05) is 24.3 Å². The van der Waals surface area contributed by atoms with Crippen LogP contribution in [0.15, 0.2) is 48.5 Å². The highest BCUT2D eigenvalue weighted by molar-refractivity contribution is 6.15. The molecule has 2 rings (SSSR count). The molecule has 10 heteroatoms. The maximum atomic E-state index is 12.7. The zero-order valence-corrected chi connectivity index (χ0v) is 17.1. The quantitative estimate of drug-likeness (QED) is 0.356. The molecule has 6 nitrogen and oxygen atoms in total. The first-order chi connectivity index (χ1) is 14.8. The second kappa shape index (κ2) is 11.7. The van der Waals surface area contributed by atoms with Gasteiger partial charge in [-0.15, -0.1) is 0 Å².